The number of hydrogen-bond acceptors (Lipinski definition) is 4. The smallest absolute Gasteiger partial charge is 0.257 e. The molecule has 1 aliphatic heterocycles. The van der Waals surface area contributed by atoms with Crippen LogP contribution in [0.2, 0.25) is 0 Å². The number of ether oxygens (including phenoxy) is 1. The van der Waals surface area contributed by atoms with Crippen LogP contribution in [0.15, 0.2) is 60.7 Å². The number of rotatable bonds is 4. The van der Waals surface area contributed by atoms with Crippen LogP contribution in [-0.4, -0.2) is 36.7 Å². The Balaban J connectivity index is 0.00000150. The van der Waals surface area contributed by atoms with Gasteiger partial charge in [-0.2, -0.15) is 0 Å². The Hall–Kier alpha value is -2.18. The summed E-state index contributed by atoms with van der Waals surface area (Å²) in [6.07, 6.45) is 1.30. The molecule has 0 saturated carbocycles. The van der Waals surface area contributed by atoms with Gasteiger partial charge in [0.25, 0.3) is 5.91 Å². The second-order valence-corrected chi connectivity index (χ2v) is 6.87. The van der Waals surface area contributed by atoms with Crippen LogP contribution >= 0.6 is 24.8 Å². The minimum Gasteiger partial charge on any atom is -0.368 e. The first kappa shape index (κ1) is 23.1. The minimum absolute atomic E-state index is 0. The molecule has 154 valence electrons. The number of amides is 1. The minimum atomic E-state index is -0.786. The van der Waals surface area contributed by atoms with E-state index in [1.54, 1.807) is 7.11 Å². The summed E-state index contributed by atoms with van der Waals surface area (Å²) in [5, 5.41) is 8.57. The number of pyridine rings is 1. The Labute approximate surface area is 183 Å². The van der Waals surface area contributed by atoms with Gasteiger partial charge >= 0.3 is 0 Å². The summed E-state index contributed by atoms with van der Waals surface area (Å²) in [6, 6.07) is 20.2. The largest absolute Gasteiger partial charge is 0.368 e. The molecule has 7 heteroatoms. The first-order valence-corrected chi connectivity index (χ1v) is 9.24. The van der Waals surface area contributed by atoms with Crippen LogP contribution in [0.5, 0.6) is 0 Å². The fraction of sp³-hybridized carbons (Fsp3) is 0.273. The second-order valence-electron chi connectivity index (χ2n) is 6.87. The lowest BCUT2D eigenvalue weighted by molar-refractivity contribution is -0.140. The van der Waals surface area contributed by atoms with Crippen molar-refractivity contribution in [2.24, 2.45) is 0 Å². The molecule has 29 heavy (non-hydrogen) atoms. The Morgan fingerprint density at radius 1 is 1.00 bits per heavy atom. The zero-order valence-electron chi connectivity index (χ0n) is 16.2. The normalized spacial score (nSPS) is 15.1. The molecule has 1 aromatic heterocycles. The summed E-state index contributed by atoms with van der Waals surface area (Å²) in [5.41, 5.74) is 1.06. The van der Waals surface area contributed by atoms with Crippen molar-refractivity contribution in [3.05, 3.63) is 60.7 Å². The van der Waals surface area contributed by atoms with Gasteiger partial charge in [-0.25, -0.2) is 4.98 Å². The van der Waals surface area contributed by atoms with Crippen molar-refractivity contribution < 1.29 is 9.53 Å². The van der Waals surface area contributed by atoms with Crippen LogP contribution in [0.3, 0.4) is 0 Å². The number of methoxy groups -OCH3 is 1. The second kappa shape index (κ2) is 10.0. The predicted molar refractivity (Wildman–Crippen MR) is 122 cm³/mol. The molecule has 1 aliphatic rings. The van der Waals surface area contributed by atoms with Crippen molar-refractivity contribution in [1.29, 1.82) is 0 Å². The maximum absolute atomic E-state index is 12.8. The molecule has 1 fully saturated rings. The third kappa shape index (κ3) is 4.87. The van der Waals surface area contributed by atoms with Crippen LogP contribution in [0.4, 0.5) is 5.82 Å². The molecule has 0 aliphatic carbocycles. The lowest BCUT2D eigenvalue weighted by Gasteiger charge is -2.34. The summed E-state index contributed by atoms with van der Waals surface area (Å²) in [6.45, 7) is 1.54. The third-order valence-electron chi connectivity index (χ3n) is 5.25. The monoisotopic (exact) mass is 433 g/mol. The summed E-state index contributed by atoms with van der Waals surface area (Å²) in [4.78, 5) is 17.5. The molecule has 1 amide bonds. The predicted octanol–water partition coefficient (Wildman–Crippen LogP) is 4.45. The summed E-state index contributed by atoms with van der Waals surface area (Å²) >= 11 is 0. The molecule has 0 unspecified atom stereocenters. The van der Waals surface area contributed by atoms with E-state index >= 15 is 0 Å². The van der Waals surface area contributed by atoms with E-state index in [9.17, 15) is 4.79 Å². The van der Waals surface area contributed by atoms with Crippen molar-refractivity contribution >= 4 is 47.3 Å². The molecule has 5 nitrogen and oxygen atoms in total. The molecule has 0 atom stereocenters. The van der Waals surface area contributed by atoms with E-state index in [2.05, 4.69) is 45.9 Å². The number of nitrogens with one attached hydrogen (secondary N) is 2. The quantitative estimate of drug-likeness (QED) is 0.637. The standard InChI is InChI=1S/C22H23N3O2.2ClH/c1-27-22(11-13-23-14-12-22)21(26)25-20-8-4-7-19(24-20)18-10-9-16-5-2-3-6-17(16)15-18;;/h2-10,15,23H,11-14H2,1H3,(H,24,25,26);2*1H. The zero-order valence-corrected chi connectivity index (χ0v) is 17.8. The zero-order chi connectivity index (χ0) is 18.7. The first-order chi connectivity index (χ1) is 13.2. The molecule has 0 spiro atoms. The number of aromatic nitrogens is 1. The number of hydrogen-bond donors (Lipinski definition) is 2. The average Bonchev–Trinajstić information content (AvgIpc) is 2.74. The van der Waals surface area contributed by atoms with E-state index in [0.29, 0.717) is 18.7 Å². The Kier molecular flexibility index (Phi) is 7.99. The van der Waals surface area contributed by atoms with Gasteiger partial charge in [-0.1, -0.05) is 42.5 Å². The molecule has 3 aromatic rings. The molecule has 0 bridgehead atoms. The van der Waals surface area contributed by atoms with E-state index in [1.165, 1.54) is 10.8 Å². The molecular weight excluding hydrogens is 409 g/mol. The number of carbonyl (C=O) groups is 1. The van der Waals surface area contributed by atoms with Gasteiger partial charge < -0.3 is 15.4 Å². The van der Waals surface area contributed by atoms with Gasteiger partial charge in [-0.15, -0.1) is 24.8 Å². The van der Waals surface area contributed by atoms with Gasteiger partial charge in [-0.3, -0.25) is 4.79 Å². The van der Waals surface area contributed by atoms with Crippen LogP contribution < -0.4 is 10.6 Å². The lowest BCUT2D eigenvalue weighted by atomic mass is 9.91. The van der Waals surface area contributed by atoms with Gasteiger partial charge in [0.1, 0.15) is 11.4 Å². The highest BCUT2D eigenvalue weighted by atomic mass is 35.5. The van der Waals surface area contributed by atoms with Gasteiger partial charge in [0, 0.05) is 12.7 Å². The summed E-state index contributed by atoms with van der Waals surface area (Å²) in [5.74, 6) is 0.412. The Bertz CT molecular complexity index is 975. The average molecular weight is 434 g/mol. The fourth-order valence-electron chi connectivity index (χ4n) is 3.60. The lowest BCUT2D eigenvalue weighted by Crippen LogP contribution is -2.51. The fourth-order valence-corrected chi connectivity index (χ4v) is 3.60. The van der Waals surface area contributed by atoms with Crippen LogP contribution in [0, 0.1) is 0 Å². The van der Waals surface area contributed by atoms with Crippen LogP contribution in [0.25, 0.3) is 22.0 Å². The van der Waals surface area contributed by atoms with Crippen LogP contribution in [0.1, 0.15) is 12.8 Å². The molecule has 1 saturated heterocycles. The highest BCUT2D eigenvalue weighted by Crippen LogP contribution is 2.26. The Morgan fingerprint density at radius 2 is 1.72 bits per heavy atom. The van der Waals surface area contributed by atoms with Crippen molar-refractivity contribution in [2.75, 3.05) is 25.5 Å². The molecule has 0 radical (unpaired) electrons. The number of halogens is 2. The van der Waals surface area contributed by atoms with E-state index in [1.807, 2.05) is 30.3 Å². The topological polar surface area (TPSA) is 63.2 Å². The van der Waals surface area contributed by atoms with Gasteiger partial charge in [0.15, 0.2) is 0 Å². The van der Waals surface area contributed by atoms with Crippen molar-refractivity contribution in [3.8, 4) is 11.3 Å². The van der Waals surface area contributed by atoms with Crippen molar-refractivity contribution in [2.45, 2.75) is 18.4 Å². The van der Waals surface area contributed by atoms with Gasteiger partial charge in [-0.05, 0) is 54.9 Å². The number of nitrogens with zero attached hydrogens (tertiary/aromatic N) is 1. The van der Waals surface area contributed by atoms with E-state index < -0.39 is 5.60 Å². The SMILES string of the molecule is COC1(C(=O)Nc2cccc(-c3ccc4ccccc4c3)n2)CCNCC1.Cl.Cl. The number of piperidine rings is 1. The maximum atomic E-state index is 12.8. The molecule has 2 heterocycles. The molecular formula is C22H25Cl2N3O2. The number of benzene rings is 2. The van der Waals surface area contributed by atoms with E-state index in [-0.39, 0.29) is 30.7 Å². The number of carbonyl (C=O) groups excluding carboxylic acids is 1. The number of fused-ring (bicyclic) bond motifs is 1. The molecule has 2 aromatic carbocycles. The maximum Gasteiger partial charge on any atom is 0.257 e. The van der Waals surface area contributed by atoms with Crippen molar-refractivity contribution in [1.82, 2.24) is 10.3 Å². The number of anilines is 1. The van der Waals surface area contributed by atoms with Gasteiger partial charge in [0.2, 0.25) is 0 Å². The highest BCUT2D eigenvalue weighted by molar-refractivity contribution is 5.97. The van der Waals surface area contributed by atoms with Crippen molar-refractivity contribution in [3.63, 3.8) is 0 Å². The third-order valence-corrected chi connectivity index (χ3v) is 5.25. The first-order valence-electron chi connectivity index (χ1n) is 9.24. The Morgan fingerprint density at radius 3 is 2.45 bits per heavy atom. The van der Waals surface area contributed by atoms with E-state index in [0.717, 1.165) is 24.3 Å². The molecule has 2 N–H and O–H groups in total. The molecule has 4 rings (SSSR count). The van der Waals surface area contributed by atoms with Gasteiger partial charge in [0.05, 0.1) is 5.69 Å². The highest BCUT2D eigenvalue weighted by Gasteiger charge is 2.39. The van der Waals surface area contributed by atoms with Crippen LogP contribution in [-0.2, 0) is 9.53 Å². The summed E-state index contributed by atoms with van der Waals surface area (Å²) in [7, 11) is 1.60. The summed E-state index contributed by atoms with van der Waals surface area (Å²) < 4.78 is 5.60. The van der Waals surface area contributed by atoms with E-state index in [4.69, 9.17) is 4.74 Å².